The Balaban J connectivity index is 1.39. The molecule has 4 rings (SSSR count). The molecule has 0 spiro atoms. The molecular weight excluding hydrogens is 444 g/mol. The van der Waals surface area contributed by atoms with E-state index in [-0.39, 0.29) is 24.4 Å². The van der Waals surface area contributed by atoms with Crippen molar-refractivity contribution in [3.63, 3.8) is 0 Å². The highest BCUT2D eigenvalue weighted by Crippen LogP contribution is 2.44. The summed E-state index contributed by atoms with van der Waals surface area (Å²) >= 11 is 0. The van der Waals surface area contributed by atoms with Gasteiger partial charge in [-0.1, -0.05) is 81.6 Å². The summed E-state index contributed by atoms with van der Waals surface area (Å²) in [5, 5.41) is 15.1. The van der Waals surface area contributed by atoms with E-state index in [0.29, 0.717) is 0 Å². The molecule has 1 saturated carbocycles. The predicted octanol–water partition coefficient (Wildman–Crippen LogP) is 4.70. The highest BCUT2D eigenvalue weighted by Gasteiger charge is 2.35. The lowest BCUT2D eigenvalue weighted by atomic mass is 9.83. The average Bonchev–Trinajstić information content (AvgIpc) is 3.18. The third kappa shape index (κ3) is 5.50. The van der Waals surface area contributed by atoms with Crippen LogP contribution in [-0.4, -0.2) is 41.8 Å². The van der Waals surface area contributed by atoms with Crippen LogP contribution < -0.4 is 10.6 Å². The minimum atomic E-state index is -1.03. The van der Waals surface area contributed by atoms with Gasteiger partial charge >= 0.3 is 12.1 Å². The van der Waals surface area contributed by atoms with Gasteiger partial charge in [0.1, 0.15) is 18.7 Å². The fraction of sp³-hybridized carbons (Fsp3) is 0.464. The number of hydrogen-bond acceptors (Lipinski definition) is 4. The second-order valence-electron chi connectivity index (χ2n) is 9.91. The molecule has 0 aliphatic heterocycles. The first kappa shape index (κ1) is 24.8. The number of hydrogen-bond donors (Lipinski definition) is 3. The number of benzene rings is 2. The smallest absolute Gasteiger partial charge is 0.407 e. The molecule has 7 nitrogen and oxygen atoms in total. The van der Waals surface area contributed by atoms with Crippen molar-refractivity contribution < 1.29 is 24.2 Å². The van der Waals surface area contributed by atoms with Crippen LogP contribution >= 0.6 is 0 Å². The first-order valence-electron chi connectivity index (χ1n) is 12.5. The number of carbonyl (C=O) groups excluding carboxylic acids is 2. The van der Waals surface area contributed by atoms with Gasteiger partial charge in [-0.05, 0) is 46.9 Å². The van der Waals surface area contributed by atoms with Crippen LogP contribution in [0.15, 0.2) is 48.5 Å². The predicted molar refractivity (Wildman–Crippen MR) is 133 cm³/mol. The first-order valence-corrected chi connectivity index (χ1v) is 12.5. The minimum Gasteiger partial charge on any atom is -0.480 e. The van der Waals surface area contributed by atoms with Crippen LogP contribution in [-0.2, 0) is 14.3 Å². The third-order valence-electron chi connectivity index (χ3n) is 7.25. The Kier molecular flexibility index (Phi) is 7.73. The summed E-state index contributed by atoms with van der Waals surface area (Å²) < 4.78 is 5.59. The fourth-order valence-electron chi connectivity index (χ4n) is 5.39. The van der Waals surface area contributed by atoms with Gasteiger partial charge < -0.3 is 20.5 Å². The van der Waals surface area contributed by atoms with Gasteiger partial charge in [-0.3, -0.25) is 4.79 Å². The number of ether oxygens (including phenoxy) is 1. The summed E-state index contributed by atoms with van der Waals surface area (Å²) in [4.78, 5) is 37.6. The van der Waals surface area contributed by atoms with Crippen molar-refractivity contribution in [1.29, 1.82) is 0 Å². The molecule has 2 amide bonds. The fourth-order valence-corrected chi connectivity index (χ4v) is 5.39. The van der Waals surface area contributed by atoms with E-state index in [1.54, 1.807) is 0 Å². The largest absolute Gasteiger partial charge is 0.480 e. The van der Waals surface area contributed by atoms with Crippen LogP contribution in [0.25, 0.3) is 11.1 Å². The van der Waals surface area contributed by atoms with E-state index in [9.17, 15) is 19.5 Å². The lowest BCUT2D eigenvalue weighted by molar-refractivity contribution is -0.144. The maximum absolute atomic E-state index is 13.0. The standard InChI is InChI=1S/C28H34N2O5/c1-17(2)24(26(31)29-25(27(32)33)18-10-4-3-5-11-18)30-28(34)35-16-23-21-14-8-6-12-19(21)20-13-7-9-15-22(20)23/h6-9,12-15,17-18,23-25H,3-5,10-11,16H2,1-2H3,(H,29,31)(H,30,34)(H,32,33)/t24-,25?/m0/s1. The van der Waals surface area contributed by atoms with Crippen LogP contribution in [0.3, 0.4) is 0 Å². The molecule has 186 valence electrons. The van der Waals surface area contributed by atoms with Gasteiger partial charge in [0.2, 0.25) is 5.91 Å². The molecule has 0 bridgehead atoms. The van der Waals surface area contributed by atoms with E-state index >= 15 is 0 Å². The average molecular weight is 479 g/mol. The van der Waals surface area contributed by atoms with Crippen molar-refractivity contribution in [1.82, 2.24) is 10.6 Å². The molecular formula is C28H34N2O5. The number of carboxylic acids is 1. The highest BCUT2D eigenvalue weighted by atomic mass is 16.5. The first-order chi connectivity index (χ1) is 16.9. The molecule has 0 radical (unpaired) electrons. The minimum absolute atomic E-state index is 0.0813. The molecule has 1 unspecified atom stereocenters. The quantitative estimate of drug-likeness (QED) is 0.510. The molecule has 2 aliphatic carbocycles. The Bertz CT molecular complexity index is 1030. The molecule has 0 aromatic heterocycles. The maximum Gasteiger partial charge on any atom is 0.407 e. The number of amides is 2. The zero-order valence-corrected chi connectivity index (χ0v) is 20.3. The van der Waals surface area contributed by atoms with Crippen molar-refractivity contribution in [2.24, 2.45) is 11.8 Å². The Morgan fingerprint density at radius 2 is 1.49 bits per heavy atom. The van der Waals surface area contributed by atoms with Crippen LogP contribution in [0.5, 0.6) is 0 Å². The number of alkyl carbamates (subject to hydrolysis) is 1. The molecule has 0 saturated heterocycles. The number of fused-ring (bicyclic) bond motifs is 3. The maximum atomic E-state index is 13.0. The number of nitrogens with one attached hydrogen (secondary N) is 2. The molecule has 0 heterocycles. The monoisotopic (exact) mass is 478 g/mol. The van der Waals surface area contributed by atoms with Gasteiger partial charge in [-0.25, -0.2) is 9.59 Å². The Labute approximate surface area is 206 Å². The second-order valence-corrected chi connectivity index (χ2v) is 9.91. The Morgan fingerprint density at radius 3 is 2.03 bits per heavy atom. The van der Waals surface area contributed by atoms with Crippen LogP contribution in [0.1, 0.15) is 63.0 Å². The van der Waals surface area contributed by atoms with Gasteiger partial charge in [-0.15, -0.1) is 0 Å². The van der Waals surface area contributed by atoms with Gasteiger partial charge in [0.15, 0.2) is 0 Å². The number of rotatable bonds is 8. The lowest BCUT2D eigenvalue weighted by Crippen LogP contribution is -2.55. The van der Waals surface area contributed by atoms with E-state index in [1.807, 2.05) is 50.2 Å². The number of carboxylic acid groups (broad SMARTS) is 1. The van der Waals surface area contributed by atoms with E-state index in [4.69, 9.17) is 4.74 Å². The number of aliphatic carboxylic acids is 1. The van der Waals surface area contributed by atoms with E-state index in [1.165, 1.54) is 0 Å². The molecule has 3 N–H and O–H groups in total. The zero-order chi connectivity index (χ0) is 24.9. The topological polar surface area (TPSA) is 105 Å². The Hall–Kier alpha value is -3.35. The summed E-state index contributed by atoms with van der Waals surface area (Å²) in [5.74, 6) is -1.94. The van der Waals surface area contributed by atoms with E-state index in [2.05, 4.69) is 22.8 Å². The van der Waals surface area contributed by atoms with E-state index in [0.717, 1.165) is 54.4 Å². The summed E-state index contributed by atoms with van der Waals surface area (Å²) in [7, 11) is 0. The number of carbonyl (C=O) groups is 3. The van der Waals surface area contributed by atoms with Crippen LogP contribution in [0, 0.1) is 11.8 Å². The lowest BCUT2D eigenvalue weighted by Gasteiger charge is -2.30. The van der Waals surface area contributed by atoms with Gasteiger partial charge in [0.05, 0.1) is 0 Å². The molecule has 2 atom stereocenters. The SMILES string of the molecule is CC(C)[C@H](NC(=O)OCC1c2ccccc2-c2ccccc21)C(=O)NC(C(=O)O)C1CCCCC1. The summed E-state index contributed by atoms with van der Waals surface area (Å²) in [6, 6.07) is 14.3. The van der Waals surface area contributed by atoms with Gasteiger partial charge in [0.25, 0.3) is 0 Å². The normalized spacial score (nSPS) is 17.2. The molecule has 7 heteroatoms. The molecule has 2 aliphatic rings. The zero-order valence-electron chi connectivity index (χ0n) is 20.3. The highest BCUT2D eigenvalue weighted by molar-refractivity contribution is 5.89. The van der Waals surface area contributed by atoms with Gasteiger partial charge in [-0.2, -0.15) is 0 Å². The summed E-state index contributed by atoms with van der Waals surface area (Å²) in [6.45, 7) is 3.76. The molecule has 35 heavy (non-hydrogen) atoms. The van der Waals surface area contributed by atoms with Crippen molar-refractivity contribution in [2.45, 2.75) is 64.0 Å². The molecule has 2 aromatic rings. The van der Waals surface area contributed by atoms with Crippen molar-refractivity contribution in [2.75, 3.05) is 6.61 Å². The van der Waals surface area contributed by atoms with Gasteiger partial charge in [0, 0.05) is 5.92 Å². The van der Waals surface area contributed by atoms with Crippen molar-refractivity contribution in [3.8, 4) is 11.1 Å². The molecule has 2 aromatic carbocycles. The van der Waals surface area contributed by atoms with Crippen LogP contribution in [0.4, 0.5) is 4.79 Å². The Morgan fingerprint density at radius 1 is 0.914 bits per heavy atom. The second kappa shape index (κ2) is 10.9. The van der Waals surface area contributed by atoms with Crippen molar-refractivity contribution >= 4 is 18.0 Å². The summed E-state index contributed by atoms with van der Waals surface area (Å²) in [5.41, 5.74) is 4.49. The molecule has 1 fully saturated rings. The third-order valence-corrected chi connectivity index (χ3v) is 7.25. The van der Waals surface area contributed by atoms with E-state index < -0.39 is 30.1 Å². The van der Waals surface area contributed by atoms with Crippen LogP contribution in [0.2, 0.25) is 0 Å². The van der Waals surface area contributed by atoms with Crippen molar-refractivity contribution in [3.05, 3.63) is 59.7 Å². The summed E-state index contributed by atoms with van der Waals surface area (Å²) in [6.07, 6.45) is 3.90.